The number of carbonyl (C=O) groups excluding carboxylic acids is 1. The van der Waals surface area contributed by atoms with E-state index in [0.29, 0.717) is 11.8 Å². The lowest BCUT2D eigenvalue weighted by molar-refractivity contribution is 0.0568. The van der Waals surface area contributed by atoms with Crippen LogP contribution in [0.25, 0.3) is 11.0 Å². The van der Waals surface area contributed by atoms with E-state index >= 15 is 0 Å². The lowest BCUT2D eigenvalue weighted by Gasteiger charge is -2.36. The minimum Gasteiger partial charge on any atom is -0.451 e. The standard InChI is InChI=1S/C16H19BrN2O2/c1-11(2)18-5-7-19(8-6-18)16(20)15-10-12-9-13(17)3-4-14(12)21-15/h3-4,9-11H,5-8H2,1-2H3. The number of piperazine rings is 1. The van der Waals surface area contributed by atoms with E-state index in [0.717, 1.165) is 41.6 Å². The smallest absolute Gasteiger partial charge is 0.289 e. The summed E-state index contributed by atoms with van der Waals surface area (Å²) in [6, 6.07) is 8.13. The molecule has 1 aliphatic heterocycles. The summed E-state index contributed by atoms with van der Waals surface area (Å²) in [6.45, 7) is 7.75. The fraction of sp³-hybridized carbons (Fsp3) is 0.438. The van der Waals surface area contributed by atoms with E-state index < -0.39 is 0 Å². The van der Waals surface area contributed by atoms with Crippen molar-refractivity contribution in [2.45, 2.75) is 19.9 Å². The number of furan rings is 1. The second-order valence-electron chi connectivity index (χ2n) is 5.71. The van der Waals surface area contributed by atoms with Gasteiger partial charge in [-0.1, -0.05) is 15.9 Å². The molecule has 21 heavy (non-hydrogen) atoms. The topological polar surface area (TPSA) is 36.7 Å². The Kier molecular flexibility index (Phi) is 4.04. The highest BCUT2D eigenvalue weighted by molar-refractivity contribution is 9.10. The van der Waals surface area contributed by atoms with E-state index in [-0.39, 0.29) is 5.91 Å². The van der Waals surface area contributed by atoms with Gasteiger partial charge in [0.05, 0.1) is 0 Å². The average Bonchev–Trinajstić information content (AvgIpc) is 2.89. The minimum atomic E-state index is -0.00858. The minimum absolute atomic E-state index is 0.00858. The number of hydrogen-bond donors (Lipinski definition) is 0. The molecule has 1 aliphatic rings. The Bertz CT molecular complexity index is 657. The van der Waals surface area contributed by atoms with Gasteiger partial charge < -0.3 is 9.32 Å². The molecular weight excluding hydrogens is 332 g/mol. The van der Waals surface area contributed by atoms with E-state index in [1.165, 1.54) is 0 Å². The first-order valence-electron chi connectivity index (χ1n) is 7.27. The van der Waals surface area contributed by atoms with Gasteiger partial charge in [-0.15, -0.1) is 0 Å². The van der Waals surface area contributed by atoms with Crippen LogP contribution in [0.2, 0.25) is 0 Å². The second kappa shape index (κ2) is 5.81. The first-order chi connectivity index (χ1) is 10.0. The maximum absolute atomic E-state index is 12.5. The summed E-state index contributed by atoms with van der Waals surface area (Å²) in [4.78, 5) is 16.8. The molecule has 5 heteroatoms. The Hall–Kier alpha value is -1.33. The normalized spacial score (nSPS) is 16.9. The monoisotopic (exact) mass is 350 g/mol. The molecule has 1 aromatic heterocycles. The number of hydrogen-bond acceptors (Lipinski definition) is 3. The van der Waals surface area contributed by atoms with Crippen molar-refractivity contribution in [3.63, 3.8) is 0 Å². The molecule has 4 nitrogen and oxygen atoms in total. The summed E-state index contributed by atoms with van der Waals surface area (Å²) in [5, 5.41) is 0.952. The van der Waals surface area contributed by atoms with Crippen LogP contribution >= 0.6 is 15.9 Å². The number of benzene rings is 1. The van der Waals surface area contributed by atoms with E-state index in [9.17, 15) is 4.79 Å². The van der Waals surface area contributed by atoms with Crippen LogP contribution in [-0.4, -0.2) is 47.9 Å². The quantitative estimate of drug-likeness (QED) is 0.833. The molecule has 0 aliphatic carbocycles. The first-order valence-corrected chi connectivity index (χ1v) is 8.06. The van der Waals surface area contributed by atoms with Crippen LogP contribution in [-0.2, 0) is 0 Å². The molecule has 1 amide bonds. The summed E-state index contributed by atoms with van der Waals surface area (Å²) in [5.41, 5.74) is 0.752. The number of amides is 1. The van der Waals surface area contributed by atoms with Gasteiger partial charge >= 0.3 is 0 Å². The highest BCUT2D eigenvalue weighted by atomic mass is 79.9. The van der Waals surface area contributed by atoms with Gasteiger partial charge in [0.2, 0.25) is 0 Å². The Morgan fingerprint density at radius 1 is 1.19 bits per heavy atom. The lowest BCUT2D eigenvalue weighted by atomic mass is 10.2. The molecule has 1 saturated heterocycles. The number of fused-ring (bicyclic) bond motifs is 1. The van der Waals surface area contributed by atoms with Gasteiger partial charge in [-0.3, -0.25) is 9.69 Å². The molecule has 1 fully saturated rings. The molecule has 2 aromatic rings. The Morgan fingerprint density at radius 3 is 2.57 bits per heavy atom. The van der Waals surface area contributed by atoms with Gasteiger partial charge in [-0.25, -0.2) is 0 Å². The number of nitrogens with zero attached hydrogens (tertiary/aromatic N) is 2. The number of halogens is 1. The summed E-state index contributed by atoms with van der Waals surface area (Å²) in [7, 11) is 0. The molecule has 0 radical (unpaired) electrons. The van der Waals surface area contributed by atoms with Crippen molar-refractivity contribution < 1.29 is 9.21 Å². The second-order valence-corrected chi connectivity index (χ2v) is 6.63. The van der Waals surface area contributed by atoms with Crippen LogP contribution in [0, 0.1) is 0 Å². The van der Waals surface area contributed by atoms with Gasteiger partial charge in [0.15, 0.2) is 5.76 Å². The predicted octanol–water partition coefficient (Wildman–Crippen LogP) is 3.36. The van der Waals surface area contributed by atoms with Crippen LogP contribution in [0.1, 0.15) is 24.4 Å². The molecule has 0 bridgehead atoms. The molecule has 0 spiro atoms. The third kappa shape index (κ3) is 2.99. The summed E-state index contributed by atoms with van der Waals surface area (Å²) in [5.74, 6) is 0.423. The Morgan fingerprint density at radius 2 is 1.90 bits per heavy atom. The van der Waals surface area contributed by atoms with Crippen molar-refractivity contribution >= 4 is 32.8 Å². The van der Waals surface area contributed by atoms with E-state index in [1.54, 1.807) is 0 Å². The molecule has 0 N–H and O–H groups in total. The van der Waals surface area contributed by atoms with Gasteiger partial charge in [0, 0.05) is 42.1 Å². The SMILES string of the molecule is CC(C)N1CCN(C(=O)c2cc3cc(Br)ccc3o2)CC1. The molecular formula is C16H19BrN2O2. The first kappa shape index (κ1) is 14.6. The molecule has 3 rings (SSSR count). The van der Waals surface area contributed by atoms with Gasteiger partial charge in [0.1, 0.15) is 5.58 Å². The third-order valence-electron chi connectivity index (χ3n) is 4.02. The summed E-state index contributed by atoms with van der Waals surface area (Å²) in [6.07, 6.45) is 0. The van der Waals surface area contributed by atoms with Gasteiger partial charge in [-0.05, 0) is 38.1 Å². The van der Waals surface area contributed by atoms with Crippen LogP contribution in [0.4, 0.5) is 0 Å². The fourth-order valence-electron chi connectivity index (χ4n) is 2.72. The molecule has 2 heterocycles. The van der Waals surface area contributed by atoms with Crippen LogP contribution in [0.5, 0.6) is 0 Å². The van der Waals surface area contributed by atoms with Crippen molar-refractivity contribution in [2.75, 3.05) is 26.2 Å². The maximum atomic E-state index is 12.5. The predicted molar refractivity (Wildman–Crippen MR) is 86.5 cm³/mol. The molecule has 0 saturated carbocycles. The molecule has 112 valence electrons. The van der Waals surface area contributed by atoms with E-state index in [1.807, 2.05) is 29.2 Å². The molecule has 1 aromatic carbocycles. The summed E-state index contributed by atoms with van der Waals surface area (Å²) < 4.78 is 6.67. The van der Waals surface area contributed by atoms with Crippen molar-refractivity contribution in [3.05, 3.63) is 34.5 Å². The van der Waals surface area contributed by atoms with Crippen molar-refractivity contribution in [2.24, 2.45) is 0 Å². The fourth-order valence-corrected chi connectivity index (χ4v) is 3.10. The number of rotatable bonds is 2. The van der Waals surface area contributed by atoms with Crippen LogP contribution < -0.4 is 0 Å². The number of carbonyl (C=O) groups is 1. The van der Waals surface area contributed by atoms with Crippen LogP contribution in [0.15, 0.2) is 33.2 Å². The maximum Gasteiger partial charge on any atom is 0.289 e. The Labute approximate surface area is 132 Å². The average molecular weight is 351 g/mol. The van der Waals surface area contributed by atoms with Gasteiger partial charge in [0.25, 0.3) is 5.91 Å². The molecule has 0 unspecified atom stereocenters. The summed E-state index contributed by atoms with van der Waals surface area (Å²) >= 11 is 3.43. The van der Waals surface area contributed by atoms with Gasteiger partial charge in [-0.2, -0.15) is 0 Å². The highest BCUT2D eigenvalue weighted by Gasteiger charge is 2.25. The van der Waals surface area contributed by atoms with Crippen molar-refractivity contribution in [1.29, 1.82) is 0 Å². The molecule has 0 atom stereocenters. The third-order valence-corrected chi connectivity index (χ3v) is 4.51. The largest absolute Gasteiger partial charge is 0.451 e. The zero-order chi connectivity index (χ0) is 15.0. The van der Waals surface area contributed by atoms with E-state index in [4.69, 9.17) is 4.42 Å². The van der Waals surface area contributed by atoms with Crippen molar-refractivity contribution in [1.82, 2.24) is 9.80 Å². The zero-order valence-corrected chi connectivity index (χ0v) is 13.9. The van der Waals surface area contributed by atoms with Crippen LogP contribution in [0.3, 0.4) is 0 Å². The lowest BCUT2D eigenvalue weighted by Crippen LogP contribution is -2.50. The zero-order valence-electron chi connectivity index (χ0n) is 12.3. The van der Waals surface area contributed by atoms with Crippen molar-refractivity contribution in [3.8, 4) is 0 Å². The van der Waals surface area contributed by atoms with E-state index in [2.05, 4.69) is 34.7 Å². The highest BCUT2D eigenvalue weighted by Crippen LogP contribution is 2.24. The Balaban J connectivity index is 1.75.